The average molecular weight is 154 g/mol. The Morgan fingerprint density at radius 1 is 1.00 bits per heavy atom. The molecule has 0 aromatic rings. The van der Waals surface area contributed by atoms with Gasteiger partial charge in [0.2, 0.25) is 0 Å². The minimum Gasteiger partial charge on any atom is -0.393 e. The van der Waals surface area contributed by atoms with E-state index < -0.39 is 0 Å². The molecule has 1 N–H and O–H groups in total. The molecule has 2 bridgehead atoms. The van der Waals surface area contributed by atoms with Crippen molar-refractivity contribution in [2.24, 2.45) is 17.8 Å². The Morgan fingerprint density at radius 2 is 1.64 bits per heavy atom. The Balaban J connectivity index is 2.07. The highest BCUT2D eigenvalue weighted by molar-refractivity contribution is 4.88. The van der Waals surface area contributed by atoms with Crippen molar-refractivity contribution in [2.75, 3.05) is 0 Å². The van der Waals surface area contributed by atoms with Crippen molar-refractivity contribution < 1.29 is 5.11 Å². The first kappa shape index (κ1) is 7.60. The lowest BCUT2D eigenvalue weighted by Crippen LogP contribution is -2.18. The second-order valence-corrected chi connectivity index (χ2v) is 4.51. The number of hydrogen-bond donors (Lipinski definition) is 1. The summed E-state index contributed by atoms with van der Waals surface area (Å²) in [6.45, 7) is 2.33. The monoisotopic (exact) mass is 154 g/mol. The molecule has 2 aliphatic carbocycles. The second kappa shape index (κ2) is 2.78. The fourth-order valence-corrected chi connectivity index (χ4v) is 2.86. The molecule has 0 saturated heterocycles. The predicted molar refractivity (Wildman–Crippen MR) is 45.2 cm³/mol. The normalized spacial score (nSPS) is 50.7. The molecule has 64 valence electrons. The van der Waals surface area contributed by atoms with Crippen molar-refractivity contribution in [1.82, 2.24) is 0 Å². The highest BCUT2D eigenvalue weighted by Gasteiger charge is 2.37. The van der Waals surface area contributed by atoms with Gasteiger partial charge in [-0.05, 0) is 43.4 Å². The molecule has 0 spiro atoms. The van der Waals surface area contributed by atoms with Crippen molar-refractivity contribution in [1.29, 1.82) is 0 Å². The Kier molecular flexibility index (Phi) is 1.92. The van der Waals surface area contributed by atoms with E-state index in [-0.39, 0.29) is 6.10 Å². The predicted octanol–water partition coefficient (Wildman–Crippen LogP) is 2.19. The molecule has 0 radical (unpaired) electrons. The minimum absolute atomic E-state index is 0.0555. The smallest absolute Gasteiger partial charge is 0.0596 e. The van der Waals surface area contributed by atoms with E-state index in [2.05, 4.69) is 6.92 Å². The van der Waals surface area contributed by atoms with E-state index in [9.17, 15) is 5.11 Å². The summed E-state index contributed by atoms with van der Waals surface area (Å²) < 4.78 is 0. The molecule has 0 amide bonds. The van der Waals surface area contributed by atoms with Crippen LogP contribution in [0.25, 0.3) is 0 Å². The van der Waals surface area contributed by atoms with Crippen LogP contribution in [0.2, 0.25) is 0 Å². The summed E-state index contributed by atoms with van der Waals surface area (Å²) in [5, 5.41) is 9.81. The fourth-order valence-electron chi connectivity index (χ4n) is 2.86. The van der Waals surface area contributed by atoms with Crippen LogP contribution in [-0.2, 0) is 0 Å². The van der Waals surface area contributed by atoms with Gasteiger partial charge in [0.15, 0.2) is 0 Å². The van der Waals surface area contributed by atoms with Crippen molar-refractivity contribution in [2.45, 2.75) is 45.1 Å². The fraction of sp³-hybridized carbons (Fsp3) is 1.00. The molecule has 4 unspecified atom stereocenters. The quantitative estimate of drug-likeness (QED) is 0.567. The zero-order valence-corrected chi connectivity index (χ0v) is 7.29. The third kappa shape index (κ3) is 1.31. The van der Waals surface area contributed by atoms with Gasteiger partial charge in [-0.25, -0.2) is 0 Å². The Hall–Kier alpha value is -0.0400. The van der Waals surface area contributed by atoms with Crippen LogP contribution in [-0.4, -0.2) is 11.2 Å². The summed E-state index contributed by atoms with van der Waals surface area (Å²) in [7, 11) is 0. The van der Waals surface area contributed by atoms with Crippen LogP contribution >= 0.6 is 0 Å². The third-order valence-electron chi connectivity index (χ3n) is 3.61. The van der Waals surface area contributed by atoms with Gasteiger partial charge in [0.25, 0.3) is 0 Å². The van der Waals surface area contributed by atoms with Crippen molar-refractivity contribution in [3.05, 3.63) is 0 Å². The van der Waals surface area contributed by atoms with Gasteiger partial charge in [-0.3, -0.25) is 0 Å². The summed E-state index contributed by atoms with van der Waals surface area (Å²) in [6, 6.07) is 0. The maximum absolute atomic E-state index is 9.81. The SMILES string of the molecule is CC1CCC2CCC(C1)C2O. The van der Waals surface area contributed by atoms with Crippen molar-refractivity contribution in [3.63, 3.8) is 0 Å². The minimum atomic E-state index is 0.0555. The molecule has 2 rings (SSSR count). The average Bonchev–Trinajstić information content (AvgIpc) is 2.20. The third-order valence-corrected chi connectivity index (χ3v) is 3.61. The van der Waals surface area contributed by atoms with E-state index in [0.29, 0.717) is 11.8 Å². The van der Waals surface area contributed by atoms with Crippen molar-refractivity contribution >= 4 is 0 Å². The molecule has 0 aromatic carbocycles. The Morgan fingerprint density at radius 3 is 2.45 bits per heavy atom. The maximum Gasteiger partial charge on any atom is 0.0596 e. The molecule has 0 aromatic heterocycles. The molecule has 11 heavy (non-hydrogen) atoms. The summed E-state index contributed by atoms with van der Waals surface area (Å²) in [5.41, 5.74) is 0. The summed E-state index contributed by atoms with van der Waals surface area (Å²) in [5.74, 6) is 2.17. The Bertz CT molecular complexity index is 144. The number of hydrogen-bond acceptors (Lipinski definition) is 1. The van der Waals surface area contributed by atoms with E-state index in [1.54, 1.807) is 0 Å². The molecule has 0 heterocycles. The highest BCUT2D eigenvalue weighted by Crippen LogP contribution is 2.42. The van der Waals surface area contributed by atoms with Crippen LogP contribution in [0, 0.1) is 17.8 Å². The van der Waals surface area contributed by atoms with Gasteiger partial charge in [0.1, 0.15) is 0 Å². The lowest BCUT2D eigenvalue weighted by atomic mass is 9.92. The topological polar surface area (TPSA) is 20.2 Å². The van der Waals surface area contributed by atoms with Gasteiger partial charge < -0.3 is 5.11 Å². The first-order chi connectivity index (χ1) is 5.27. The lowest BCUT2D eigenvalue weighted by molar-refractivity contribution is 0.0921. The number of aliphatic hydroxyl groups excluding tert-OH is 1. The van der Waals surface area contributed by atoms with Gasteiger partial charge in [-0.1, -0.05) is 13.3 Å². The number of fused-ring (bicyclic) bond motifs is 2. The van der Waals surface area contributed by atoms with Crippen LogP contribution in [0.4, 0.5) is 0 Å². The molecular formula is C10H18O. The summed E-state index contributed by atoms with van der Waals surface area (Å²) in [4.78, 5) is 0. The number of rotatable bonds is 0. The van der Waals surface area contributed by atoms with Gasteiger partial charge in [0.05, 0.1) is 6.10 Å². The van der Waals surface area contributed by atoms with Crippen LogP contribution in [0.1, 0.15) is 39.0 Å². The maximum atomic E-state index is 9.81. The van der Waals surface area contributed by atoms with Gasteiger partial charge >= 0.3 is 0 Å². The first-order valence-corrected chi connectivity index (χ1v) is 4.95. The van der Waals surface area contributed by atoms with Crippen LogP contribution in [0.3, 0.4) is 0 Å². The zero-order chi connectivity index (χ0) is 7.84. The molecule has 1 nitrogen and oxygen atoms in total. The summed E-state index contributed by atoms with van der Waals surface area (Å²) in [6.07, 6.45) is 6.53. The van der Waals surface area contributed by atoms with E-state index in [4.69, 9.17) is 0 Å². The number of aliphatic hydroxyl groups is 1. The van der Waals surface area contributed by atoms with E-state index >= 15 is 0 Å². The van der Waals surface area contributed by atoms with Crippen LogP contribution < -0.4 is 0 Å². The van der Waals surface area contributed by atoms with Gasteiger partial charge in [-0.2, -0.15) is 0 Å². The molecule has 2 saturated carbocycles. The standard InChI is InChI=1S/C10H18O/c1-7-2-3-8-4-5-9(6-7)10(8)11/h7-11H,2-6H2,1H3. The van der Waals surface area contributed by atoms with E-state index in [1.165, 1.54) is 32.1 Å². The first-order valence-electron chi connectivity index (χ1n) is 4.95. The van der Waals surface area contributed by atoms with E-state index in [0.717, 1.165) is 5.92 Å². The molecular weight excluding hydrogens is 136 g/mol. The van der Waals surface area contributed by atoms with Crippen LogP contribution in [0.15, 0.2) is 0 Å². The molecule has 0 aliphatic heterocycles. The Labute approximate surface area is 68.8 Å². The molecule has 2 fully saturated rings. The van der Waals surface area contributed by atoms with Gasteiger partial charge in [-0.15, -0.1) is 0 Å². The van der Waals surface area contributed by atoms with Crippen LogP contribution in [0.5, 0.6) is 0 Å². The second-order valence-electron chi connectivity index (χ2n) is 4.51. The molecule has 4 atom stereocenters. The highest BCUT2D eigenvalue weighted by atomic mass is 16.3. The molecule has 1 heteroatoms. The van der Waals surface area contributed by atoms with E-state index in [1.807, 2.05) is 0 Å². The molecule has 2 aliphatic rings. The summed E-state index contributed by atoms with van der Waals surface area (Å²) >= 11 is 0. The lowest BCUT2D eigenvalue weighted by Gasteiger charge is -2.15. The van der Waals surface area contributed by atoms with Gasteiger partial charge in [0, 0.05) is 0 Å². The largest absolute Gasteiger partial charge is 0.393 e. The van der Waals surface area contributed by atoms with Crippen molar-refractivity contribution in [3.8, 4) is 0 Å². The zero-order valence-electron chi connectivity index (χ0n) is 7.29.